The highest BCUT2D eigenvalue weighted by molar-refractivity contribution is 5.83. The zero-order valence-corrected chi connectivity index (χ0v) is 87.1. The van der Waals surface area contributed by atoms with Gasteiger partial charge in [-0.25, -0.2) is 9.59 Å². The molecule has 4 amide bonds. The van der Waals surface area contributed by atoms with Gasteiger partial charge in [0.25, 0.3) is 0 Å². The van der Waals surface area contributed by atoms with E-state index >= 15 is 0 Å². The van der Waals surface area contributed by atoms with Gasteiger partial charge in [0.05, 0.1) is 197 Å². The lowest BCUT2D eigenvalue weighted by molar-refractivity contribution is -0.376. The molecule has 1 unspecified atom stereocenters. The van der Waals surface area contributed by atoms with Crippen LogP contribution in [0.3, 0.4) is 0 Å². The van der Waals surface area contributed by atoms with E-state index < -0.39 is 198 Å². The number of esters is 3. The number of nitrogens with one attached hydrogen (secondary N) is 4. The molecule has 0 saturated carbocycles. The van der Waals surface area contributed by atoms with Gasteiger partial charge < -0.3 is 211 Å². The Morgan fingerprint density at radius 3 is 0.885 bits per heavy atom. The van der Waals surface area contributed by atoms with Crippen LogP contribution in [0.15, 0.2) is 0 Å². The molecular weight excluding hydrogens is 1970 g/mol. The standard InChI is InChI=1S/C98H180N4O46/c1-4-6-8-10-12-14-16-18-20-22-24-26-35-136-65-70(137-36-27-25-23-21-19-17-15-13-11-9-7-5-2)62-102-76(106)29-28-75(105)99-32-39-126-44-49-131-56-57-134-58-59-135-60-61-138-95(121)98(3,68-141-96(122)100-33-40-127-45-50-132-54-52-129-47-42-124-37-30-77(107)139-66-73-81(111)85(115)89(119)93(145-73)147-91-87(117)83(113)79(109)71(63-103)143-91)69-142-97(123)101-34-41-128-46-51-133-55-53-130-48-43-125-38-31-78(108)140-67-74-82(112)86(116)90(120)94(146-74)148-92-88(118)84(114)80(110)72(64-104)144-92/h70-74,79-94,103-104,109-120H,4-69H2,1-3H3,(H,99,105)(H,100,122)(H,101,123)(H,102,106)/t70?,71-,72-,73-,74-,79-,80-,81-,82-,83+,84+,85+,86+,87-,88-,89-,90-,91-,92-,93-,94-/m1/s1. The van der Waals surface area contributed by atoms with Gasteiger partial charge >= 0.3 is 30.1 Å². The number of carbonyl (C=O) groups is 7. The minimum atomic E-state index is -1.89. The SMILES string of the molecule is CCCCCCCCCCCCCCOCC(CNC(=O)CCC(=O)NCCOCCOCCOCCOCCOC(=O)C(C)(COC(=O)NCCOCCOCCOCCOCCC(=O)OC[C@H]1O[C@H](O[C@H]2O[C@H](CO)[C@@H](O)[C@H](O)[C@H]2O)[C@H](O)[C@@H](O)[C@@H]1O)COC(=O)NCCOCCOCCOCCOCCC(=O)OC[C@H]1O[C@H](O[C@H]2O[C@H](CO)[C@@H](O)[C@H](O)[C@H]2O)[C@H](O)[C@@H](O)[C@@H]1O)OCCCCCCCCCCCCCC. The van der Waals surface area contributed by atoms with Crippen molar-refractivity contribution in [1.82, 2.24) is 21.3 Å². The fourth-order valence-corrected chi connectivity index (χ4v) is 15.1. The van der Waals surface area contributed by atoms with Gasteiger partial charge in [-0.15, -0.1) is 0 Å². The van der Waals surface area contributed by atoms with Crippen LogP contribution in [0, 0.1) is 5.41 Å². The topological polar surface area (TPSA) is 682 Å². The van der Waals surface area contributed by atoms with E-state index in [0.717, 1.165) is 25.7 Å². The number of alkyl carbamates (subject to hydrolysis) is 2. The molecule has 0 aromatic carbocycles. The second kappa shape index (κ2) is 86.7. The highest BCUT2D eigenvalue weighted by Crippen LogP contribution is 2.32. The van der Waals surface area contributed by atoms with Crippen molar-refractivity contribution in [2.45, 2.75) is 329 Å². The molecule has 148 heavy (non-hydrogen) atoms. The summed E-state index contributed by atoms with van der Waals surface area (Å²) >= 11 is 0. The normalized spacial score (nSPS) is 24.4. The zero-order valence-electron chi connectivity index (χ0n) is 87.1. The molecule has 4 aliphatic heterocycles. The van der Waals surface area contributed by atoms with Crippen LogP contribution in [0.4, 0.5) is 9.59 Å². The first-order valence-electron chi connectivity index (χ1n) is 53.0. The summed E-state index contributed by atoms with van der Waals surface area (Å²) in [6.07, 6.45) is -6.54. The summed E-state index contributed by atoms with van der Waals surface area (Å²) in [5.74, 6) is -2.92. The predicted molar refractivity (Wildman–Crippen MR) is 520 cm³/mol. The van der Waals surface area contributed by atoms with E-state index in [1.54, 1.807) is 0 Å². The third-order valence-electron chi connectivity index (χ3n) is 24.1. The average Bonchev–Trinajstić information content (AvgIpc) is 0.792. The Morgan fingerprint density at radius 2 is 0.554 bits per heavy atom. The summed E-state index contributed by atoms with van der Waals surface area (Å²) in [5.41, 5.74) is -1.72. The van der Waals surface area contributed by atoms with E-state index in [4.69, 9.17) is 118 Å². The maximum Gasteiger partial charge on any atom is 0.407 e. The van der Waals surface area contributed by atoms with Crippen molar-refractivity contribution in [2.75, 3.05) is 251 Å². The Kier molecular flexibility index (Phi) is 79.0. The van der Waals surface area contributed by atoms with Crippen LogP contribution in [-0.4, -0.2) is 493 Å². The summed E-state index contributed by atoms with van der Waals surface area (Å²) in [6, 6.07) is 0. The molecule has 4 rings (SSSR count). The molecular formula is C98H180N4O46. The molecule has 50 nitrogen and oxygen atoms in total. The molecule has 4 heterocycles. The Hall–Kier alpha value is -5.47. The van der Waals surface area contributed by atoms with Crippen molar-refractivity contribution in [3.05, 3.63) is 0 Å². The van der Waals surface area contributed by atoms with Gasteiger partial charge in [0, 0.05) is 52.2 Å². The number of aliphatic hydroxyl groups is 14. The molecule has 0 bridgehead atoms. The van der Waals surface area contributed by atoms with E-state index in [1.807, 2.05) is 0 Å². The van der Waals surface area contributed by atoms with Crippen LogP contribution < -0.4 is 21.3 Å². The van der Waals surface area contributed by atoms with Gasteiger partial charge in [-0.3, -0.25) is 24.0 Å². The van der Waals surface area contributed by atoms with Crippen LogP contribution in [0.1, 0.15) is 201 Å². The predicted octanol–water partition coefficient (Wildman–Crippen LogP) is -0.881. The third kappa shape index (κ3) is 61.7. The van der Waals surface area contributed by atoms with Crippen molar-refractivity contribution >= 4 is 41.9 Å². The fourth-order valence-electron chi connectivity index (χ4n) is 15.1. The largest absolute Gasteiger partial charge is 0.463 e. The summed E-state index contributed by atoms with van der Waals surface area (Å²) in [6.45, 7) is 7.21. The smallest absolute Gasteiger partial charge is 0.407 e. The summed E-state index contributed by atoms with van der Waals surface area (Å²) in [4.78, 5) is 89.8. The molecule has 4 aliphatic rings. The van der Waals surface area contributed by atoms with Crippen molar-refractivity contribution < 1.29 is 223 Å². The van der Waals surface area contributed by atoms with Crippen molar-refractivity contribution in [1.29, 1.82) is 0 Å². The molecule has 50 heteroatoms. The maximum absolute atomic E-state index is 13.6. The van der Waals surface area contributed by atoms with Crippen molar-refractivity contribution in [3.63, 3.8) is 0 Å². The first-order chi connectivity index (χ1) is 71.7. The van der Waals surface area contributed by atoms with Gasteiger partial charge in [0.1, 0.15) is 136 Å². The number of carbonyl (C=O) groups excluding carboxylic acids is 7. The Balaban J connectivity index is 1.06. The summed E-state index contributed by atoms with van der Waals surface area (Å²) < 4.78 is 137. The zero-order chi connectivity index (χ0) is 108. The van der Waals surface area contributed by atoms with E-state index in [1.165, 1.54) is 135 Å². The fraction of sp³-hybridized carbons (Fsp3) is 0.929. The first-order valence-corrected chi connectivity index (χ1v) is 53.0. The van der Waals surface area contributed by atoms with Crippen LogP contribution in [0.2, 0.25) is 0 Å². The molecule has 868 valence electrons. The van der Waals surface area contributed by atoms with Crippen molar-refractivity contribution in [2.24, 2.45) is 5.41 Å². The van der Waals surface area contributed by atoms with Gasteiger partial charge in [-0.1, -0.05) is 155 Å². The Bertz CT molecular complexity index is 3160. The number of ether oxygens (including phenoxy) is 25. The highest BCUT2D eigenvalue weighted by Gasteiger charge is 2.53. The van der Waals surface area contributed by atoms with E-state index in [0.29, 0.717) is 26.4 Å². The first kappa shape index (κ1) is 135. The molecule has 0 aliphatic carbocycles. The summed E-state index contributed by atoms with van der Waals surface area (Å²) in [5, 5.41) is 153. The lowest BCUT2D eigenvalue weighted by Crippen LogP contribution is -2.63. The molecule has 0 aromatic heterocycles. The number of aliphatic hydroxyl groups excluding tert-OH is 14. The summed E-state index contributed by atoms with van der Waals surface area (Å²) in [7, 11) is 0. The molecule has 0 radical (unpaired) electrons. The van der Waals surface area contributed by atoms with Gasteiger partial charge in [0.15, 0.2) is 25.2 Å². The lowest BCUT2D eigenvalue weighted by Gasteiger charge is -2.44. The minimum Gasteiger partial charge on any atom is -0.463 e. The number of unbranched alkanes of at least 4 members (excludes halogenated alkanes) is 22. The number of hydrogen-bond donors (Lipinski definition) is 18. The van der Waals surface area contributed by atoms with Crippen molar-refractivity contribution in [3.8, 4) is 0 Å². The number of hydrogen-bond acceptors (Lipinski definition) is 46. The van der Waals surface area contributed by atoms with E-state index in [9.17, 15) is 105 Å². The second-order valence-electron chi connectivity index (χ2n) is 36.6. The second-order valence-corrected chi connectivity index (χ2v) is 36.6. The average molecular weight is 2150 g/mol. The van der Waals surface area contributed by atoms with Crippen LogP contribution >= 0.6 is 0 Å². The third-order valence-corrected chi connectivity index (χ3v) is 24.1. The van der Waals surface area contributed by atoms with E-state index in [2.05, 4.69) is 35.1 Å². The van der Waals surface area contributed by atoms with Gasteiger partial charge in [-0.05, 0) is 19.8 Å². The van der Waals surface area contributed by atoms with Gasteiger partial charge in [-0.2, -0.15) is 0 Å². The van der Waals surface area contributed by atoms with Gasteiger partial charge in [0.2, 0.25) is 11.8 Å². The van der Waals surface area contributed by atoms with Crippen LogP contribution in [0.5, 0.6) is 0 Å². The number of rotatable bonds is 94. The number of amides is 4. The molecule has 0 spiro atoms. The Labute approximate surface area is 868 Å². The molecule has 4 saturated heterocycles. The monoisotopic (exact) mass is 2150 g/mol. The molecule has 21 atom stereocenters. The highest BCUT2D eigenvalue weighted by atomic mass is 16.8. The van der Waals surface area contributed by atoms with E-state index in [-0.39, 0.29) is 228 Å². The molecule has 0 aromatic rings. The molecule has 4 fully saturated rings. The molecule has 18 N–H and O–H groups in total. The Morgan fingerprint density at radius 1 is 0.277 bits per heavy atom. The van der Waals surface area contributed by atoms with Crippen LogP contribution in [-0.2, 0) is 142 Å². The minimum absolute atomic E-state index is 0.0114. The van der Waals surface area contributed by atoms with Crippen LogP contribution in [0.25, 0.3) is 0 Å². The maximum atomic E-state index is 13.6. The lowest BCUT2D eigenvalue weighted by atomic mass is 9.93. The quantitative estimate of drug-likeness (QED) is 0.0200.